The number of phosphoric acid groups is 6. The minimum Gasteiger partial charge on any atom is -0.870 e. The fourth-order valence-corrected chi connectivity index (χ4v) is 5.96. The Bertz CT molecular complexity index is 860. The number of hydrogen-bond donors (Lipinski definition) is 0. The molecule has 1 fully saturated rings. The van der Waals surface area contributed by atoms with E-state index >= 15 is 0 Å². The number of phosphoric ester groups is 6. The fraction of sp³-hybridized carbons (Fsp3) is 1.00. The molecule has 1 N–H and O–H groups in total. The molecule has 1 aliphatic rings. The summed E-state index contributed by atoms with van der Waals surface area (Å²) < 4.78 is 88.3. The van der Waals surface area contributed by atoms with E-state index in [1.165, 1.54) is 0 Å². The minimum atomic E-state index is -6.68. The molecule has 0 aromatic heterocycles. The largest absolute Gasteiger partial charge is 1.00 e. The molecule has 1 saturated carbocycles. The van der Waals surface area contributed by atoms with Gasteiger partial charge in [-0.25, -0.2) is 0 Å². The average Bonchev–Trinajstić information content (AvgIpc) is 2.51. The molecule has 1 aliphatic carbocycles. The fourth-order valence-electron chi connectivity index (χ4n) is 2.74. The van der Waals surface area contributed by atoms with E-state index in [0.717, 1.165) is 0 Å². The summed E-state index contributed by atoms with van der Waals surface area (Å²) in [6, 6.07) is 0. The number of rotatable bonds is 12. The van der Waals surface area contributed by atoms with Crippen LogP contribution in [0.4, 0.5) is 0 Å². The third kappa shape index (κ3) is 49.5. The molecule has 0 radical (unpaired) electrons. The first-order chi connectivity index (χ1) is 15.6. The van der Waals surface area contributed by atoms with Gasteiger partial charge in [-0.05, 0) is 0 Å². The van der Waals surface area contributed by atoms with Crippen LogP contribution in [0.1, 0.15) is 0 Å². The van der Waals surface area contributed by atoms with Crippen molar-refractivity contribution in [3.8, 4) is 0 Å². The Hall–Kier alpha value is 13.6. The molecule has 0 amide bonds. The van der Waals surface area contributed by atoms with Crippen LogP contribution in [-0.2, 0) is 54.5 Å². The molecule has 0 atom stereocenters. The van der Waals surface area contributed by atoms with Crippen molar-refractivity contribution in [2.45, 2.75) is 36.6 Å². The first kappa shape index (κ1) is 101. The summed E-state index contributed by atoms with van der Waals surface area (Å²) in [5.41, 5.74) is 0. The zero-order valence-electron chi connectivity index (χ0n) is 29.4. The van der Waals surface area contributed by atoms with Crippen molar-refractivity contribution >= 4 is 46.9 Å². The third-order valence-electron chi connectivity index (χ3n) is 3.45. The second kappa shape index (κ2) is 43.9. The maximum absolute atomic E-state index is 11.1. The molecular weight excluding hydrogens is 957 g/mol. The van der Waals surface area contributed by atoms with Gasteiger partial charge in [0.15, 0.2) is 0 Å². The predicted octanol–water partition coefficient (Wildman–Crippen LogP) is -49.8. The Kier molecular flexibility index (Phi) is 88.9. The van der Waals surface area contributed by atoms with Crippen LogP contribution in [0.2, 0.25) is 0 Å². The third-order valence-corrected chi connectivity index (χ3v) is 6.46. The molecule has 224 valence electrons. The van der Waals surface area contributed by atoms with E-state index in [-0.39, 0.29) is 390 Å². The van der Waals surface area contributed by atoms with Gasteiger partial charge in [0.1, 0.15) is 36.6 Å². The van der Waals surface area contributed by atoms with Gasteiger partial charge >= 0.3 is 384 Å². The van der Waals surface area contributed by atoms with E-state index in [2.05, 4.69) is 27.1 Å². The van der Waals surface area contributed by atoms with E-state index in [1.54, 1.807) is 0 Å². The first-order valence-electron chi connectivity index (χ1n) is 7.80. The van der Waals surface area contributed by atoms with Crippen molar-refractivity contribution in [2.24, 2.45) is 0 Å². The molecule has 0 saturated heterocycles. The number of hydrogen-bond acceptors (Lipinski definition) is 25. The van der Waals surface area contributed by atoms with Crippen LogP contribution in [-0.4, -0.2) is 42.1 Å². The van der Waals surface area contributed by atoms with Crippen molar-refractivity contribution in [1.82, 2.24) is 0 Å². The van der Waals surface area contributed by atoms with Gasteiger partial charge in [-0.3, -0.25) is 0 Å². The van der Waals surface area contributed by atoms with Gasteiger partial charge < -0.3 is 119 Å². The van der Waals surface area contributed by atoms with E-state index in [9.17, 15) is 86.1 Å². The Morgan fingerprint density at radius 3 is 0.340 bits per heavy atom. The van der Waals surface area contributed by atoms with E-state index in [1.807, 2.05) is 0 Å². The molecule has 0 unspecified atom stereocenters. The van der Waals surface area contributed by atoms with Gasteiger partial charge in [-0.15, -0.1) is 0 Å². The standard InChI is InChI=1S/C6H18O24P6.13Na.H2O/c7-31(8,9)25-1-2(26-32(10,11)12)4(28-34(16,17)18)6(30-36(22,23)24)5(29-35(19,20)21)3(1)27-33(13,14)15;;;;;;;;;;;;;;/h1-6H,(H2,7,8,9)(H2,10,11,12)(H2,13,14,15)(H2,16,17,18)(H2,19,20,21)(H2,22,23,24);;;;;;;;;;;;;;1H2/q;13*+1;/p-13/t1-,2-,3-,4+,5-,6-;;;;;;;;;;;;;;. The molecule has 1 rings (SSSR count). The molecule has 0 heterocycles. The Morgan fingerprint density at radius 1 is 0.240 bits per heavy atom. The monoisotopic (exact) mass is 964 g/mol. The first-order valence-corrected chi connectivity index (χ1v) is 16.6. The zero-order valence-corrected chi connectivity index (χ0v) is 60.8. The van der Waals surface area contributed by atoms with Crippen molar-refractivity contribution in [3.63, 3.8) is 0 Å². The van der Waals surface area contributed by atoms with Crippen LogP contribution >= 0.6 is 46.9 Å². The normalized spacial score (nSPS) is 21.1. The molecule has 0 spiro atoms. The molecule has 50 heavy (non-hydrogen) atoms. The molecule has 25 nitrogen and oxygen atoms in total. The SMILES string of the molecule is O=P([O-])([O-])O[C@H]1[C@H](OP(=O)([O-])[O-])[C@@H](OP(=O)([O-])[O-])[C@H](OP(=O)([O-])[O-])[C@@H](OP(=O)([O-])[O-])[C@H]1OP(=O)([O-])[O-].[Na+].[Na+].[Na+].[Na+].[Na+].[Na+].[Na+].[Na+].[Na+].[Na+].[Na+].[Na+].[Na+].[OH-]. The summed E-state index contributed by atoms with van der Waals surface area (Å²) in [6.45, 7) is 0. The Morgan fingerprint density at radius 2 is 0.300 bits per heavy atom. The van der Waals surface area contributed by atoms with Crippen LogP contribution in [0.25, 0.3) is 0 Å². The summed E-state index contributed by atoms with van der Waals surface area (Å²) in [4.78, 5) is 133. The maximum Gasteiger partial charge on any atom is 1.00 e. The van der Waals surface area contributed by atoms with E-state index in [0.29, 0.717) is 0 Å². The zero-order chi connectivity index (χ0) is 28.7. The van der Waals surface area contributed by atoms with Crippen LogP contribution in [0, 0.1) is 0 Å². The van der Waals surface area contributed by atoms with Crippen LogP contribution in [0.5, 0.6) is 0 Å². The van der Waals surface area contributed by atoms with Gasteiger partial charge in [-0.1, -0.05) is 0 Å². The van der Waals surface area contributed by atoms with Gasteiger partial charge in [0.05, 0.1) is 46.9 Å². The van der Waals surface area contributed by atoms with Crippen molar-refractivity contribution in [1.29, 1.82) is 0 Å². The molecule has 44 heteroatoms. The van der Waals surface area contributed by atoms with Crippen LogP contribution in [0.15, 0.2) is 0 Å². The van der Waals surface area contributed by atoms with Gasteiger partial charge in [0.25, 0.3) is 0 Å². The van der Waals surface area contributed by atoms with Crippen molar-refractivity contribution < 1.29 is 503 Å². The van der Waals surface area contributed by atoms with Crippen molar-refractivity contribution in [3.05, 3.63) is 0 Å². The maximum atomic E-state index is 11.1. The average molecular weight is 964 g/mol. The topological polar surface area (TPSA) is 465 Å². The van der Waals surface area contributed by atoms with Gasteiger partial charge in [0.2, 0.25) is 0 Å². The summed E-state index contributed by atoms with van der Waals surface area (Å²) in [6.07, 6.45) is -21.5. The van der Waals surface area contributed by atoms with Gasteiger partial charge in [-0.2, -0.15) is 0 Å². The predicted molar refractivity (Wildman–Crippen MR) is 76.8 cm³/mol. The second-order valence-electron chi connectivity index (χ2n) is 6.10. The molecule has 0 bridgehead atoms. The second-order valence-corrected chi connectivity index (χ2v) is 12.7. The molecule has 0 aromatic rings. The summed E-state index contributed by atoms with van der Waals surface area (Å²) in [7, 11) is -40.1. The van der Waals surface area contributed by atoms with Gasteiger partial charge in [0, 0.05) is 0 Å². The van der Waals surface area contributed by atoms with E-state index in [4.69, 9.17) is 0 Å². The van der Waals surface area contributed by atoms with Crippen molar-refractivity contribution in [2.75, 3.05) is 0 Å². The molecule has 0 aromatic carbocycles. The van der Waals surface area contributed by atoms with Crippen LogP contribution < -0.4 is 443 Å². The van der Waals surface area contributed by atoms with E-state index < -0.39 is 83.6 Å². The quantitative estimate of drug-likeness (QED) is 0.129. The smallest absolute Gasteiger partial charge is 0.870 e. The summed E-state index contributed by atoms with van der Waals surface area (Å²) >= 11 is 0. The summed E-state index contributed by atoms with van der Waals surface area (Å²) in [5.74, 6) is 0. The molecular formula is C6H7Na13O25P6. The minimum absolute atomic E-state index is 0. The summed E-state index contributed by atoms with van der Waals surface area (Å²) in [5, 5.41) is 0. The molecule has 0 aliphatic heterocycles. The van der Waals surface area contributed by atoms with Crippen LogP contribution in [0.3, 0.4) is 0 Å². The Balaban J connectivity index is -0.0000000771. The Labute approximate surface area is 572 Å².